The van der Waals surface area contributed by atoms with E-state index < -0.39 is 117 Å². The molecule has 3 heterocycles. The van der Waals surface area contributed by atoms with Gasteiger partial charge >= 0.3 is 11.8 Å². The van der Waals surface area contributed by atoms with Gasteiger partial charge in [-0.1, -0.05) is 504 Å². The number of aliphatic hydroxyl groups excluding tert-OH is 7. The molecule has 810 valence electrons. The Hall–Kier alpha value is -1.25. The number of esters is 1. The largest absolute Gasteiger partial charge is 0.417 e. The van der Waals surface area contributed by atoms with E-state index in [0.717, 1.165) is 154 Å². The van der Waals surface area contributed by atoms with Crippen molar-refractivity contribution in [3.8, 4) is 0 Å². The zero-order valence-corrected chi connectivity index (χ0v) is 90.5. The van der Waals surface area contributed by atoms with Gasteiger partial charge in [0.2, 0.25) is 0 Å². The summed E-state index contributed by atoms with van der Waals surface area (Å²) in [4.78, 5) is 16.6. The Bertz CT molecular complexity index is 2430. The average Bonchev–Trinajstić information content (AvgIpc) is 0.696. The minimum atomic E-state index is -2.98. The van der Waals surface area contributed by atoms with E-state index in [1.165, 1.54) is 385 Å². The summed E-state index contributed by atoms with van der Waals surface area (Å²) in [5, 5.41) is 98.5. The summed E-state index contributed by atoms with van der Waals surface area (Å²) in [6.45, 7) is 14.8. The second kappa shape index (κ2) is 86.8. The fourth-order valence-electron chi connectivity index (χ4n) is 22.6. The minimum Gasteiger partial charge on any atom is -0.417 e. The first-order valence-corrected chi connectivity index (χ1v) is 60.2. The van der Waals surface area contributed by atoms with E-state index in [-0.39, 0.29) is 11.0 Å². The molecule has 0 aromatic carbocycles. The first-order chi connectivity index (χ1) is 66.4. The Balaban J connectivity index is 2.33. The van der Waals surface area contributed by atoms with Crippen molar-refractivity contribution in [2.24, 2.45) is 17.2 Å². The lowest BCUT2D eigenvalue weighted by Crippen LogP contribution is -2.87. The van der Waals surface area contributed by atoms with Crippen molar-refractivity contribution in [3.05, 3.63) is 0 Å². The van der Waals surface area contributed by atoms with Crippen molar-refractivity contribution < 1.29 is 83.0 Å². The normalized spacial score (nSPS) is 23.4. The molecular formula is C116H233N5O15+2. The number of aliphatic hydroxyl groups is 8. The van der Waals surface area contributed by atoms with Crippen LogP contribution in [0.4, 0.5) is 0 Å². The number of rotatable bonds is 101. The Morgan fingerprint density at radius 1 is 0.287 bits per heavy atom. The van der Waals surface area contributed by atoms with E-state index in [1.807, 2.05) is 0 Å². The van der Waals surface area contributed by atoms with E-state index in [4.69, 9.17) is 45.6 Å². The van der Waals surface area contributed by atoms with Crippen molar-refractivity contribution in [1.29, 1.82) is 0 Å². The number of quaternary nitrogens is 2. The van der Waals surface area contributed by atoms with Crippen LogP contribution in [0.1, 0.15) is 581 Å². The molecule has 0 aromatic heterocycles. The van der Waals surface area contributed by atoms with Crippen LogP contribution in [0.5, 0.6) is 0 Å². The maximum atomic E-state index is 16.6. The van der Waals surface area contributed by atoms with Crippen molar-refractivity contribution >= 4 is 5.97 Å². The number of hydrogen-bond acceptors (Lipinski definition) is 18. The van der Waals surface area contributed by atoms with Crippen molar-refractivity contribution in [1.82, 2.24) is 0 Å². The number of carbonyl (C=O) groups excluding carboxylic acids is 1. The van der Waals surface area contributed by atoms with E-state index in [9.17, 15) is 40.9 Å². The average molecular weight is 1940 g/mol. The van der Waals surface area contributed by atoms with E-state index in [2.05, 4.69) is 41.5 Å². The number of hydrogen-bond donors (Lipinski definition) is 11. The van der Waals surface area contributed by atoms with Gasteiger partial charge in [0.25, 0.3) is 5.72 Å². The highest BCUT2D eigenvalue weighted by atomic mass is 16.8. The molecule has 20 heteroatoms. The van der Waals surface area contributed by atoms with Crippen LogP contribution in [0.3, 0.4) is 0 Å². The van der Waals surface area contributed by atoms with Gasteiger partial charge in [-0.15, -0.1) is 0 Å². The van der Waals surface area contributed by atoms with Gasteiger partial charge < -0.3 is 86.2 Å². The van der Waals surface area contributed by atoms with Gasteiger partial charge in [0.1, 0.15) is 49.3 Å². The highest BCUT2D eigenvalue weighted by Crippen LogP contribution is 2.48. The molecule has 0 spiro atoms. The number of unbranched alkanes of at least 4 members (excludes halogenated alkanes) is 78. The lowest BCUT2D eigenvalue weighted by molar-refractivity contribution is -1.02. The van der Waals surface area contributed by atoms with Crippen LogP contribution in [0.15, 0.2) is 0 Å². The van der Waals surface area contributed by atoms with Gasteiger partial charge in [0.05, 0.1) is 70.6 Å². The van der Waals surface area contributed by atoms with Crippen LogP contribution >= 0.6 is 0 Å². The van der Waals surface area contributed by atoms with Crippen LogP contribution in [-0.4, -0.2) is 213 Å². The topological polar surface area (TPSA) is 312 Å². The standard InChI is InChI=1S/C116H233N5O15/c1-7-13-19-25-31-37-43-49-55-61-67-73-79-85-91-120(92-86-80-74-68-62-56-50-44-38-32-26-20-14-8-2,93-87-81-75-69-63-57-51-45-39-33-27-21-15-9-3)97-103(125)135-116(130)111(128)106(119)114(134-110-102(99-123)132-113(105(118)108(110)127)133-109-101(98-122)131-112(129)104(117)107(109)126)136-115(116,100-124)121(94-88-82-76-70-64-58-52-46-40-34-28-22-16-10-4,95-89-83-77-71-65-59-53-47-41-35-29-23-17-11-5)96-90-84-78-72-66-60-54-48-42-36-30-24-18-12-6/h101-102,104-114,122-124,126-130H,7-100,117-119H2,1-6H3/q+2/t101-,102-,104-,105-,106-,107-,108-,109?,110?,111-,112-,113+,114+,115-,116+/m1/s1. The Morgan fingerprint density at radius 2 is 0.500 bits per heavy atom. The second-order valence-corrected chi connectivity index (χ2v) is 44.0. The van der Waals surface area contributed by atoms with Crippen LogP contribution in [0.2, 0.25) is 0 Å². The number of carbonyl (C=O) groups is 1. The third-order valence-corrected chi connectivity index (χ3v) is 31.8. The zero-order chi connectivity index (χ0) is 98.8. The monoisotopic (exact) mass is 1940 g/mol. The molecule has 15 atom stereocenters. The maximum absolute atomic E-state index is 16.6. The Morgan fingerprint density at radius 3 is 0.735 bits per heavy atom. The SMILES string of the molecule is CCCCCCCCCCCCCCCC[N+](CCCCCCCCCCCCCCCC)(CCCCCCCCCCCCCCCC)CC(=O)O[C@@]1(O)[C@H](O)[C@@H](N)[C@@H](OC2[C@@H](CO)O[C@@H](OC3[C@@H](CO)O[C@@H](O)[C@H](N)[C@H]3O)[C@H](N)[C@H]2O)O[C@@]1(CO)[N+](CCCCCCCCCCCCCCCC)(CCCCCCCCCCCCCCCC)CCCCCCCCCCCCCCCC. The second-order valence-electron chi connectivity index (χ2n) is 44.0. The van der Waals surface area contributed by atoms with E-state index in [1.54, 1.807) is 0 Å². The Labute approximate surface area is 839 Å². The molecule has 0 amide bonds. The molecule has 14 N–H and O–H groups in total. The molecule has 3 fully saturated rings. The summed E-state index contributed by atoms with van der Waals surface area (Å²) < 4.78 is 40.3. The third-order valence-electron chi connectivity index (χ3n) is 31.8. The van der Waals surface area contributed by atoms with Gasteiger partial charge in [-0.2, -0.15) is 0 Å². The molecular weight excluding hydrogens is 1700 g/mol. The predicted octanol–water partition coefficient (Wildman–Crippen LogP) is 27.0. The van der Waals surface area contributed by atoms with Gasteiger partial charge in [0, 0.05) is 0 Å². The summed E-state index contributed by atoms with van der Waals surface area (Å²) in [5.74, 6) is -3.65. The van der Waals surface area contributed by atoms with Gasteiger partial charge in [-0.25, -0.2) is 4.79 Å². The smallest absolute Gasteiger partial charge is 0.364 e. The highest BCUT2D eigenvalue weighted by molar-refractivity contribution is 5.71. The molecule has 3 rings (SSSR count). The first-order valence-electron chi connectivity index (χ1n) is 60.2. The highest BCUT2D eigenvalue weighted by Gasteiger charge is 2.76. The van der Waals surface area contributed by atoms with Crippen LogP contribution in [0, 0.1) is 0 Å². The number of ether oxygens (including phenoxy) is 6. The maximum Gasteiger partial charge on any atom is 0.364 e. The van der Waals surface area contributed by atoms with E-state index in [0.29, 0.717) is 43.4 Å². The molecule has 136 heavy (non-hydrogen) atoms. The summed E-state index contributed by atoms with van der Waals surface area (Å²) >= 11 is 0. The Kier molecular flexibility index (Phi) is 82.3. The zero-order valence-electron chi connectivity index (χ0n) is 90.5. The molecule has 3 aliphatic rings. The fraction of sp³-hybridized carbons (Fsp3) is 0.991. The lowest BCUT2D eigenvalue weighted by atomic mass is 9.83. The van der Waals surface area contributed by atoms with Crippen molar-refractivity contribution in [3.63, 3.8) is 0 Å². The molecule has 20 nitrogen and oxygen atoms in total. The van der Waals surface area contributed by atoms with Gasteiger partial charge in [-0.05, 0) is 77.0 Å². The van der Waals surface area contributed by atoms with Gasteiger partial charge in [-0.3, -0.25) is 9.22 Å². The van der Waals surface area contributed by atoms with E-state index >= 15 is 4.79 Å². The molecule has 3 saturated heterocycles. The summed E-state index contributed by atoms with van der Waals surface area (Å²) in [6, 6.07) is -4.52. The molecule has 3 aliphatic heterocycles. The quantitative estimate of drug-likeness (QED) is 0.0117. The lowest BCUT2D eigenvalue weighted by Gasteiger charge is -2.61. The molecule has 0 aromatic rings. The van der Waals surface area contributed by atoms with Crippen LogP contribution in [-0.2, 0) is 33.2 Å². The molecule has 0 aliphatic carbocycles. The summed E-state index contributed by atoms with van der Waals surface area (Å²) in [5.41, 5.74) is 18.2. The van der Waals surface area contributed by atoms with Crippen LogP contribution < -0.4 is 17.2 Å². The third kappa shape index (κ3) is 56.1. The first kappa shape index (κ1) is 129. The molecule has 0 radical (unpaired) electrons. The van der Waals surface area contributed by atoms with Crippen molar-refractivity contribution in [2.45, 2.75) is 672 Å². The van der Waals surface area contributed by atoms with Gasteiger partial charge in [0.15, 0.2) is 25.4 Å². The minimum absolute atomic E-state index is 0.0432. The molecule has 0 saturated carbocycles. The molecule has 2 unspecified atom stereocenters. The summed E-state index contributed by atoms with van der Waals surface area (Å²) in [6.07, 6.45) is 85.2. The number of nitrogens with two attached hydrogens (primary N) is 3. The van der Waals surface area contributed by atoms with Crippen molar-refractivity contribution in [2.75, 3.05) is 65.6 Å². The predicted molar refractivity (Wildman–Crippen MR) is 568 cm³/mol. The molecule has 0 bridgehead atoms. The summed E-state index contributed by atoms with van der Waals surface area (Å²) in [7, 11) is 0. The van der Waals surface area contributed by atoms with Crippen LogP contribution in [0.25, 0.3) is 0 Å². The fourth-order valence-corrected chi connectivity index (χ4v) is 22.6. The number of nitrogens with zero attached hydrogens (tertiary/aromatic N) is 2.